The van der Waals surface area contributed by atoms with Crippen molar-refractivity contribution in [2.45, 2.75) is 63.6 Å². The van der Waals surface area contributed by atoms with Gasteiger partial charge in [0.2, 0.25) is 0 Å². The molecule has 0 aromatic carbocycles. The molecule has 2 heterocycles. The standard InChI is InChI=1S/C16H28O2S/c1-12-3-4-13(2)16(17,9-12)14-5-7-18-15(10-14)6-8-19-11-15/h12-14,17H,3-11H2,1-2H3. The zero-order valence-corrected chi connectivity index (χ0v) is 13.2. The van der Waals surface area contributed by atoms with Gasteiger partial charge in [0.15, 0.2) is 0 Å². The van der Waals surface area contributed by atoms with E-state index in [1.165, 1.54) is 25.0 Å². The molecule has 2 nitrogen and oxygen atoms in total. The van der Waals surface area contributed by atoms with Gasteiger partial charge in [-0.3, -0.25) is 0 Å². The Balaban J connectivity index is 1.76. The van der Waals surface area contributed by atoms with Gasteiger partial charge in [0.05, 0.1) is 11.2 Å². The Kier molecular flexibility index (Phi) is 3.92. The van der Waals surface area contributed by atoms with Crippen LogP contribution in [0.3, 0.4) is 0 Å². The molecule has 0 aromatic heterocycles. The first-order valence-electron chi connectivity index (χ1n) is 7.98. The maximum absolute atomic E-state index is 11.3. The molecule has 1 saturated carbocycles. The predicted molar refractivity (Wildman–Crippen MR) is 80.5 cm³/mol. The third-order valence-electron chi connectivity index (χ3n) is 5.89. The van der Waals surface area contributed by atoms with Gasteiger partial charge >= 0.3 is 0 Å². The largest absolute Gasteiger partial charge is 0.389 e. The molecule has 0 bridgehead atoms. The third-order valence-corrected chi connectivity index (χ3v) is 7.11. The summed E-state index contributed by atoms with van der Waals surface area (Å²) < 4.78 is 6.12. The number of hydrogen-bond acceptors (Lipinski definition) is 3. The van der Waals surface area contributed by atoms with Crippen LogP contribution >= 0.6 is 11.8 Å². The lowest BCUT2D eigenvalue weighted by molar-refractivity contribution is -0.165. The van der Waals surface area contributed by atoms with Crippen LogP contribution < -0.4 is 0 Å². The Bertz CT molecular complexity index is 327. The van der Waals surface area contributed by atoms with E-state index in [1.54, 1.807) is 0 Å². The molecule has 1 aliphatic carbocycles. The Morgan fingerprint density at radius 1 is 1.16 bits per heavy atom. The summed E-state index contributed by atoms with van der Waals surface area (Å²) in [6.45, 7) is 5.42. The fourth-order valence-electron chi connectivity index (χ4n) is 4.53. The van der Waals surface area contributed by atoms with Gasteiger partial charge in [-0.25, -0.2) is 0 Å². The molecule has 5 atom stereocenters. The molecular formula is C16H28O2S. The Morgan fingerprint density at radius 2 is 2.00 bits per heavy atom. The molecule has 2 saturated heterocycles. The van der Waals surface area contributed by atoms with Gasteiger partial charge < -0.3 is 9.84 Å². The van der Waals surface area contributed by atoms with Gasteiger partial charge in [0.1, 0.15) is 0 Å². The van der Waals surface area contributed by atoms with Gasteiger partial charge in [-0.05, 0) is 55.6 Å². The summed E-state index contributed by atoms with van der Waals surface area (Å²) >= 11 is 2.02. The smallest absolute Gasteiger partial charge is 0.0784 e. The van der Waals surface area contributed by atoms with Gasteiger partial charge in [0.25, 0.3) is 0 Å². The van der Waals surface area contributed by atoms with Crippen LogP contribution in [0.5, 0.6) is 0 Å². The average Bonchev–Trinajstić information content (AvgIpc) is 2.82. The fourth-order valence-corrected chi connectivity index (χ4v) is 5.91. The zero-order chi connectivity index (χ0) is 13.5. The molecule has 3 aliphatic rings. The number of hydrogen-bond donors (Lipinski definition) is 1. The van der Waals surface area contributed by atoms with Gasteiger partial charge in [-0.15, -0.1) is 0 Å². The molecule has 0 radical (unpaired) electrons. The Morgan fingerprint density at radius 3 is 2.74 bits per heavy atom. The molecule has 110 valence electrons. The quantitative estimate of drug-likeness (QED) is 0.799. The summed E-state index contributed by atoms with van der Waals surface area (Å²) in [7, 11) is 0. The molecular weight excluding hydrogens is 256 g/mol. The predicted octanol–water partition coefficient (Wildman–Crippen LogP) is 3.48. The van der Waals surface area contributed by atoms with Gasteiger partial charge in [-0.2, -0.15) is 11.8 Å². The number of ether oxygens (including phenoxy) is 1. The van der Waals surface area contributed by atoms with Crippen molar-refractivity contribution in [1.29, 1.82) is 0 Å². The van der Waals surface area contributed by atoms with Crippen LogP contribution in [0.4, 0.5) is 0 Å². The van der Waals surface area contributed by atoms with Crippen molar-refractivity contribution in [2.24, 2.45) is 17.8 Å². The Hall–Kier alpha value is 0.270. The maximum atomic E-state index is 11.3. The van der Waals surface area contributed by atoms with Crippen molar-refractivity contribution < 1.29 is 9.84 Å². The van der Waals surface area contributed by atoms with Crippen molar-refractivity contribution in [3.63, 3.8) is 0 Å². The summed E-state index contributed by atoms with van der Waals surface area (Å²) in [5.74, 6) is 3.97. The molecule has 2 aliphatic heterocycles. The lowest BCUT2D eigenvalue weighted by Gasteiger charge is -2.50. The summed E-state index contributed by atoms with van der Waals surface area (Å²) in [6.07, 6.45) is 6.81. The minimum atomic E-state index is -0.429. The SMILES string of the molecule is CC1CCC(C)C(O)(C2CCOC3(CCSC3)C2)C1. The molecule has 1 N–H and O–H groups in total. The molecule has 3 fully saturated rings. The van der Waals surface area contributed by atoms with E-state index in [1.807, 2.05) is 11.8 Å². The zero-order valence-electron chi connectivity index (χ0n) is 12.4. The van der Waals surface area contributed by atoms with Crippen LogP contribution in [-0.2, 0) is 4.74 Å². The van der Waals surface area contributed by atoms with Crippen LogP contribution in [0.25, 0.3) is 0 Å². The molecule has 0 aromatic rings. The van der Waals surface area contributed by atoms with E-state index < -0.39 is 5.60 Å². The number of rotatable bonds is 1. The lowest BCUT2D eigenvalue weighted by Crippen LogP contribution is -2.53. The second-order valence-corrected chi connectivity index (χ2v) is 8.41. The van der Waals surface area contributed by atoms with Gasteiger partial charge in [0, 0.05) is 12.4 Å². The summed E-state index contributed by atoms with van der Waals surface area (Å²) in [6, 6.07) is 0. The minimum Gasteiger partial charge on any atom is -0.389 e. The molecule has 5 unspecified atom stereocenters. The van der Waals surface area contributed by atoms with E-state index in [2.05, 4.69) is 13.8 Å². The van der Waals surface area contributed by atoms with Crippen LogP contribution in [0.15, 0.2) is 0 Å². The molecule has 3 rings (SSSR count). The van der Waals surface area contributed by atoms with Crippen LogP contribution in [0.2, 0.25) is 0 Å². The van der Waals surface area contributed by atoms with Crippen LogP contribution in [-0.4, -0.2) is 34.4 Å². The minimum absolute atomic E-state index is 0.101. The normalized spacial score (nSPS) is 51.6. The molecule has 0 amide bonds. The van der Waals surface area contributed by atoms with E-state index >= 15 is 0 Å². The summed E-state index contributed by atoms with van der Waals surface area (Å²) in [5, 5.41) is 11.3. The number of thioether (sulfide) groups is 1. The first-order valence-corrected chi connectivity index (χ1v) is 9.14. The van der Waals surface area contributed by atoms with E-state index in [-0.39, 0.29) is 5.60 Å². The highest BCUT2D eigenvalue weighted by atomic mass is 32.2. The average molecular weight is 284 g/mol. The molecule has 19 heavy (non-hydrogen) atoms. The first-order chi connectivity index (χ1) is 9.04. The highest BCUT2D eigenvalue weighted by Gasteiger charge is 2.50. The van der Waals surface area contributed by atoms with E-state index in [4.69, 9.17) is 4.74 Å². The third kappa shape index (κ3) is 2.58. The van der Waals surface area contributed by atoms with Crippen molar-refractivity contribution in [3.8, 4) is 0 Å². The highest BCUT2D eigenvalue weighted by Crippen LogP contribution is 2.49. The van der Waals surface area contributed by atoms with Crippen LogP contribution in [0.1, 0.15) is 52.4 Å². The molecule has 1 spiro atoms. The van der Waals surface area contributed by atoms with Crippen molar-refractivity contribution >= 4 is 11.8 Å². The summed E-state index contributed by atoms with van der Waals surface area (Å²) in [4.78, 5) is 0. The topological polar surface area (TPSA) is 29.5 Å². The van der Waals surface area contributed by atoms with E-state index in [9.17, 15) is 5.11 Å². The second-order valence-electron chi connectivity index (χ2n) is 7.30. The van der Waals surface area contributed by atoms with Crippen molar-refractivity contribution in [2.75, 3.05) is 18.1 Å². The first kappa shape index (κ1) is 14.2. The highest BCUT2D eigenvalue weighted by molar-refractivity contribution is 7.99. The van der Waals surface area contributed by atoms with E-state index in [0.717, 1.165) is 31.6 Å². The van der Waals surface area contributed by atoms with Gasteiger partial charge in [-0.1, -0.05) is 20.3 Å². The monoisotopic (exact) mass is 284 g/mol. The number of aliphatic hydroxyl groups is 1. The van der Waals surface area contributed by atoms with Crippen molar-refractivity contribution in [1.82, 2.24) is 0 Å². The Labute approximate surface area is 121 Å². The van der Waals surface area contributed by atoms with Crippen LogP contribution in [0, 0.1) is 17.8 Å². The second kappa shape index (κ2) is 5.23. The fraction of sp³-hybridized carbons (Fsp3) is 1.00. The van der Waals surface area contributed by atoms with E-state index in [0.29, 0.717) is 17.8 Å². The maximum Gasteiger partial charge on any atom is 0.0784 e. The van der Waals surface area contributed by atoms with Crippen molar-refractivity contribution in [3.05, 3.63) is 0 Å². The lowest BCUT2D eigenvalue weighted by atomic mass is 9.62. The molecule has 3 heteroatoms. The summed E-state index contributed by atoms with van der Waals surface area (Å²) in [5.41, 5.74) is -0.328.